The Morgan fingerprint density at radius 3 is 2.62 bits per heavy atom. The Morgan fingerprint density at radius 2 is 2.03 bits per heavy atom. The van der Waals surface area contributed by atoms with Crippen LogP contribution in [0.1, 0.15) is 20.3 Å². The lowest BCUT2D eigenvalue weighted by atomic mass is 9.79. The van der Waals surface area contributed by atoms with E-state index in [2.05, 4.69) is 16.7 Å². The van der Waals surface area contributed by atoms with E-state index in [4.69, 9.17) is 4.74 Å². The van der Waals surface area contributed by atoms with Gasteiger partial charge in [-0.15, -0.1) is 0 Å². The van der Waals surface area contributed by atoms with E-state index in [0.29, 0.717) is 36.6 Å². The van der Waals surface area contributed by atoms with Gasteiger partial charge in [0, 0.05) is 50.2 Å². The molecule has 2 heterocycles. The zero-order valence-electron chi connectivity index (χ0n) is 20.4. The maximum atomic E-state index is 15.2. The lowest BCUT2D eigenvalue weighted by Crippen LogP contribution is -2.54. The highest BCUT2D eigenvalue weighted by molar-refractivity contribution is 5.90. The summed E-state index contributed by atoms with van der Waals surface area (Å²) >= 11 is 0. The second-order valence-corrected chi connectivity index (χ2v) is 9.30. The number of benzene rings is 2. The summed E-state index contributed by atoms with van der Waals surface area (Å²) in [5, 5.41) is 26.8. The van der Waals surface area contributed by atoms with Gasteiger partial charge in [-0.05, 0) is 30.3 Å². The highest BCUT2D eigenvalue weighted by Crippen LogP contribution is 2.36. The van der Waals surface area contributed by atoms with E-state index in [-0.39, 0.29) is 30.6 Å². The number of non-ortho nitro benzene ring substituents is 1. The Morgan fingerprint density at radius 1 is 1.30 bits per heavy atom. The number of hydrogen-bond donors (Lipinski definition) is 2. The summed E-state index contributed by atoms with van der Waals surface area (Å²) in [6, 6.07) is 12.8. The van der Waals surface area contributed by atoms with Crippen LogP contribution in [0, 0.1) is 33.2 Å². The highest BCUT2D eigenvalue weighted by atomic mass is 19.1. The molecule has 2 saturated heterocycles. The molecule has 0 spiro atoms. The van der Waals surface area contributed by atoms with Crippen molar-refractivity contribution < 1.29 is 23.6 Å². The van der Waals surface area contributed by atoms with E-state index in [1.807, 2.05) is 11.8 Å². The Bertz CT molecular complexity index is 1250. The molecule has 0 aromatic heterocycles. The van der Waals surface area contributed by atoms with Gasteiger partial charge in [-0.25, -0.2) is 9.18 Å². The Balaban J connectivity index is 1.43. The van der Waals surface area contributed by atoms with Gasteiger partial charge in [0.05, 0.1) is 35.5 Å². The number of cyclic esters (lactones) is 1. The van der Waals surface area contributed by atoms with Gasteiger partial charge < -0.3 is 20.3 Å². The molecule has 0 aliphatic carbocycles. The number of ether oxygens (including phenoxy) is 1. The number of nitro benzene ring substituents is 1. The number of carbonyl (C=O) groups excluding carboxylic acids is 2. The number of hydrogen-bond acceptors (Lipinski definition) is 8. The fraction of sp³-hybridized carbons (Fsp3) is 0.400. The Kier molecular flexibility index (Phi) is 7.15. The summed E-state index contributed by atoms with van der Waals surface area (Å²) in [6.45, 7) is 4.44. The molecule has 12 heteroatoms. The predicted octanol–water partition coefficient (Wildman–Crippen LogP) is 3.42. The van der Waals surface area contributed by atoms with Gasteiger partial charge in [0.15, 0.2) is 0 Å². The zero-order valence-corrected chi connectivity index (χ0v) is 20.4. The van der Waals surface area contributed by atoms with Crippen molar-refractivity contribution in [2.45, 2.75) is 31.9 Å². The number of nitro groups is 1. The topological polar surface area (TPSA) is 141 Å². The summed E-state index contributed by atoms with van der Waals surface area (Å²) in [5.41, 5.74) is 0.347. The molecule has 2 aliphatic heterocycles. The summed E-state index contributed by atoms with van der Waals surface area (Å²) in [5.74, 6) is -0.941. The third kappa shape index (κ3) is 5.40. The first kappa shape index (κ1) is 25.7. The quantitative estimate of drug-likeness (QED) is 0.426. The molecule has 2 aromatic carbocycles. The SMILES string of the molecule is CC(=O)NC[C@H]1CN(c2ccc(N3CCC(C#N)(Nc4ccc([N+](=O)[O-])cc4)C(C)C3)c(F)c2)C(=O)O1. The van der Waals surface area contributed by atoms with Crippen LogP contribution in [-0.4, -0.2) is 54.7 Å². The van der Waals surface area contributed by atoms with Crippen LogP contribution in [0.15, 0.2) is 42.5 Å². The number of anilines is 3. The minimum Gasteiger partial charge on any atom is -0.442 e. The van der Waals surface area contributed by atoms with Gasteiger partial charge in [-0.2, -0.15) is 5.26 Å². The van der Waals surface area contributed by atoms with E-state index >= 15 is 4.39 Å². The summed E-state index contributed by atoms with van der Waals surface area (Å²) in [4.78, 5) is 37.0. The number of carbonyl (C=O) groups is 2. The monoisotopic (exact) mass is 510 g/mol. The molecular formula is C25H27FN6O5. The molecule has 4 rings (SSSR count). The molecule has 3 atom stereocenters. The van der Waals surface area contributed by atoms with Gasteiger partial charge >= 0.3 is 6.09 Å². The molecule has 37 heavy (non-hydrogen) atoms. The van der Waals surface area contributed by atoms with Crippen LogP contribution in [0.25, 0.3) is 0 Å². The van der Waals surface area contributed by atoms with E-state index in [1.165, 1.54) is 30.0 Å². The highest BCUT2D eigenvalue weighted by Gasteiger charge is 2.42. The van der Waals surface area contributed by atoms with Gasteiger partial charge in [0.25, 0.3) is 5.69 Å². The van der Waals surface area contributed by atoms with E-state index in [1.54, 1.807) is 24.3 Å². The van der Waals surface area contributed by atoms with Crippen LogP contribution in [0.4, 0.5) is 31.9 Å². The number of nitrogens with one attached hydrogen (secondary N) is 2. The molecule has 2 aliphatic rings. The van der Waals surface area contributed by atoms with Crippen LogP contribution >= 0.6 is 0 Å². The zero-order chi connectivity index (χ0) is 26.7. The molecule has 0 radical (unpaired) electrons. The smallest absolute Gasteiger partial charge is 0.414 e. The number of amides is 2. The van der Waals surface area contributed by atoms with E-state index < -0.39 is 28.5 Å². The summed E-state index contributed by atoms with van der Waals surface area (Å²) < 4.78 is 20.5. The predicted molar refractivity (Wildman–Crippen MR) is 134 cm³/mol. The maximum absolute atomic E-state index is 15.2. The maximum Gasteiger partial charge on any atom is 0.414 e. The minimum atomic E-state index is -0.925. The molecule has 0 saturated carbocycles. The Hall–Kier alpha value is -4.40. The van der Waals surface area contributed by atoms with Crippen LogP contribution in [0.5, 0.6) is 0 Å². The van der Waals surface area contributed by atoms with Gasteiger partial charge in [0.2, 0.25) is 5.91 Å². The van der Waals surface area contributed by atoms with Crippen LogP contribution in [0.2, 0.25) is 0 Å². The fourth-order valence-electron chi connectivity index (χ4n) is 4.67. The fourth-order valence-corrected chi connectivity index (χ4v) is 4.67. The van der Waals surface area contributed by atoms with Crippen molar-refractivity contribution in [1.82, 2.24) is 5.32 Å². The molecule has 2 fully saturated rings. The van der Waals surface area contributed by atoms with Crippen LogP contribution in [0.3, 0.4) is 0 Å². The van der Waals surface area contributed by atoms with Gasteiger partial charge in [-0.1, -0.05) is 6.92 Å². The number of halogens is 1. The number of piperidine rings is 1. The lowest BCUT2D eigenvalue weighted by Gasteiger charge is -2.44. The standard InChI is InChI=1S/C25H27FN6O5/c1-16-13-30(10-9-25(16,15-27)29-18-3-5-19(6-4-18)32(35)36)23-8-7-20(11-22(23)26)31-14-21(37-24(31)34)12-28-17(2)33/h3-8,11,16,21,29H,9-10,12-14H2,1-2H3,(H,28,33)/t16?,21-,25?/m0/s1. The first-order valence-corrected chi connectivity index (χ1v) is 11.8. The Labute approximate surface area is 212 Å². The van der Waals surface area contributed by atoms with Crippen molar-refractivity contribution in [3.8, 4) is 6.07 Å². The largest absolute Gasteiger partial charge is 0.442 e. The average Bonchev–Trinajstić information content (AvgIpc) is 3.24. The lowest BCUT2D eigenvalue weighted by molar-refractivity contribution is -0.384. The van der Waals surface area contributed by atoms with Crippen molar-refractivity contribution in [3.63, 3.8) is 0 Å². The normalized spacial score (nSPS) is 23.2. The van der Waals surface area contributed by atoms with Gasteiger partial charge in [-0.3, -0.25) is 19.8 Å². The molecule has 2 aromatic rings. The van der Waals surface area contributed by atoms with Crippen molar-refractivity contribution >= 4 is 34.7 Å². The molecule has 11 nitrogen and oxygen atoms in total. The second kappa shape index (κ2) is 10.3. The molecule has 194 valence electrons. The first-order chi connectivity index (χ1) is 17.6. The number of rotatable bonds is 7. The minimum absolute atomic E-state index is 0.0382. The third-order valence-corrected chi connectivity index (χ3v) is 6.79. The molecule has 2 N–H and O–H groups in total. The van der Waals surface area contributed by atoms with Crippen molar-refractivity contribution in [3.05, 3.63) is 58.4 Å². The molecule has 0 bridgehead atoms. The van der Waals surface area contributed by atoms with Crippen LogP contribution in [-0.2, 0) is 9.53 Å². The van der Waals surface area contributed by atoms with Crippen molar-refractivity contribution in [2.75, 3.05) is 41.3 Å². The van der Waals surface area contributed by atoms with Crippen LogP contribution < -0.4 is 20.4 Å². The number of nitriles is 1. The summed E-state index contributed by atoms with van der Waals surface area (Å²) in [7, 11) is 0. The molecule has 2 amide bonds. The van der Waals surface area contributed by atoms with E-state index in [0.717, 1.165) is 0 Å². The molecular weight excluding hydrogens is 483 g/mol. The van der Waals surface area contributed by atoms with Gasteiger partial charge in [0.1, 0.15) is 17.5 Å². The molecule has 2 unspecified atom stereocenters. The average molecular weight is 511 g/mol. The van der Waals surface area contributed by atoms with E-state index in [9.17, 15) is 25.0 Å². The van der Waals surface area contributed by atoms with Crippen molar-refractivity contribution in [2.24, 2.45) is 5.92 Å². The van der Waals surface area contributed by atoms with Crippen molar-refractivity contribution in [1.29, 1.82) is 5.26 Å². The summed E-state index contributed by atoms with van der Waals surface area (Å²) in [6.07, 6.45) is -0.735. The second-order valence-electron chi connectivity index (χ2n) is 9.30. The number of nitrogens with zero attached hydrogens (tertiary/aromatic N) is 4. The third-order valence-electron chi connectivity index (χ3n) is 6.79. The first-order valence-electron chi connectivity index (χ1n) is 11.8.